The van der Waals surface area contributed by atoms with Gasteiger partial charge in [-0.2, -0.15) is 13.2 Å². The molecule has 6 heteroatoms. The summed E-state index contributed by atoms with van der Waals surface area (Å²) < 4.78 is 37.7. The van der Waals surface area contributed by atoms with E-state index >= 15 is 0 Å². The fourth-order valence-electron chi connectivity index (χ4n) is 3.09. The predicted octanol–water partition coefficient (Wildman–Crippen LogP) is 2.68. The van der Waals surface area contributed by atoms with E-state index in [0.29, 0.717) is 18.0 Å². The van der Waals surface area contributed by atoms with E-state index in [1.165, 1.54) is 12.1 Å². The average Bonchev–Trinajstić information content (AvgIpc) is 2.82. The Bertz CT molecular complexity index is 454. The summed E-state index contributed by atoms with van der Waals surface area (Å²) in [5.41, 5.74) is 0.123. The zero-order chi connectivity index (χ0) is 13.5. The highest BCUT2D eigenvalue weighted by Crippen LogP contribution is 2.48. The van der Waals surface area contributed by atoms with E-state index in [4.69, 9.17) is 0 Å². The Kier molecular flexibility index (Phi) is 4.62. The molecular weight excluding hydrogens is 289 g/mol. The zero-order valence-corrected chi connectivity index (χ0v) is 11.7. The van der Waals surface area contributed by atoms with Crippen LogP contribution in [0.2, 0.25) is 0 Å². The molecular formula is C14H18ClF3N2. The Hall–Kier alpha value is -0.780. The standard InChI is InChI=1S/C14H17F3N2.ClH/c15-14(16,17)10-3-1-2-9(4-10)5-18-6-11-12-7-19-8-13(11)12;/h1-4,11-13,18-19H,5-8H2;1H. The molecule has 1 aromatic carbocycles. The van der Waals surface area contributed by atoms with Crippen LogP contribution < -0.4 is 10.6 Å². The number of rotatable bonds is 4. The molecule has 1 aliphatic heterocycles. The molecule has 0 amide bonds. The van der Waals surface area contributed by atoms with Gasteiger partial charge in [-0.1, -0.05) is 18.2 Å². The van der Waals surface area contributed by atoms with Crippen LogP contribution in [0, 0.1) is 17.8 Å². The smallest absolute Gasteiger partial charge is 0.316 e. The topological polar surface area (TPSA) is 24.1 Å². The normalized spacial score (nSPS) is 27.9. The molecule has 3 rings (SSSR count). The highest BCUT2D eigenvalue weighted by Gasteiger charge is 2.51. The number of hydrogen-bond donors (Lipinski definition) is 2. The molecule has 2 atom stereocenters. The Morgan fingerprint density at radius 2 is 1.90 bits per heavy atom. The molecule has 2 nitrogen and oxygen atoms in total. The van der Waals surface area contributed by atoms with Crippen LogP contribution in [-0.4, -0.2) is 19.6 Å². The number of alkyl halides is 3. The van der Waals surface area contributed by atoms with Gasteiger partial charge in [-0.05, 0) is 49.0 Å². The van der Waals surface area contributed by atoms with Crippen LogP contribution in [-0.2, 0) is 12.7 Å². The van der Waals surface area contributed by atoms with Crippen molar-refractivity contribution in [3.63, 3.8) is 0 Å². The van der Waals surface area contributed by atoms with Gasteiger partial charge in [0.05, 0.1) is 5.56 Å². The summed E-state index contributed by atoms with van der Waals surface area (Å²) in [6.45, 7) is 3.61. The first-order valence-electron chi connectivity index (χ1n) is 6.63. The van der Waals surface area contributed by atoms with Crippen LogP contribution in [0.5, 0.6) is 0 Å². The van der Waals surface area contributed by atoms with Crippen molar-refractivity contribution < 1.29 is 13.2 Å². The van der Waals surface area contributed by atoms with Crippen LogP contribution >= 0.6 is 12.4 Å². The van der Waals surface area contributed by atoms with Gasteiger partial charge in [0.15, 0.2) is 0 Å². The number of hydrogen-bond acceptors (Lipinski definition) is 2. The summed E-state index contributed by atoms with van der Waals surface area (Å²) in [7, 11) is 0. The molecule has 20 heavy (non-hydrogen) atoms. The van der Waals surface area contributed by atoms with Crippen molar-refractivity contribution in [3.05, 3.63) is 35.4 Å². The first kappa shape index (κ1) is 15.6. The van der Waals surface area contributed by atoms with Crippen LogP contribution in [0.1, 0.15) is 11.1 Å². The molecule has 0 radical (unpaired) electrons. The van der Waals surface area contributed by atoms with Crippen LogP contribution in [0.3, 0.4) is 0 Å². The maximum atomic E-state index is 12.6. The van der Waals surface area contributed by atoms with Crippen LogP contribution in [0.25, 0.3) is 0 Å². The quantitative estimate of drug-likeness (QED) is 0.894. The molecule has 1 aliphatic carbocycles. The molecule has 2 aliphatic rings. The van der Waals surface area contributed by atoms with Gasteiger partial charge in [-0.3, -0.25) is 0 Å². The summed E-state index contributed by atoms with van der Waals surface area (Å²) in [5, 5.41) is 6.61. The van der Waals surface area contributed by atoms with Crippen LogP contribution in [0.15, 0.2) is 24.3 Å². The molecule has 112 valence electrons. The van der Waals surface area contributed by atoms with E-state index in [2.05, 4.69) is 10.6 Å². The number of nitrogens with one attached hydrogen (secondary N) is 2. The van der Waals surface area contributed by atoms with Gasteiger partial charge < -0.3 is 10.6 Å². The van der Waals surface area contributed by atoms with Crippen molar-refractivity contribution >= 4 is 12.4 Å². The number of piperidine rings is 1. The zero-order valence-electron chi connectivity index (χ0n) is 10.9. The lowest BCUT2D eigenvalue weighted by Crippen LogP contribution is -2.23. The molecule has 2 fully saturated rings. The highest BCUT2D eigenvalue weighted by molar-refractivity contribution is 5.85. The summed E-state index contributed by atoms with van der Waals surface area (Å²) in [6.07, 6.45) is -4.25. The summed E-state index contributed by atoms with van der Waals surface area (Å²) in [4.78, 5) is 0. The lowest BCUT2D eigenvalue weighted by Gasteiger charge is -2.10. The molecule has 1 heterocycles. The van der Waals surface area contributed by atoms with Gasteiger partial charge in [0.25, 0.3) is 0 Å². The second kappa shape index (κ2) is 5.92. The van der Waals surface area contributed by atoms with Gasteiger partial charge in [-0.25, -0.2) is 0 Å². The van der Waals surface area contributed by atoms with E-state index in [1.807, 2.05) is 0 Å². The summed E-state index contributed by atoms with van der Waals surface area (Å²) in [5.74, 6) is 2.29. The van der Waals surface area contributed by atoms with Gasteiger partial charge in [0.2, 0.25) is 0 Å². The number of fused-ring (bicyclic) bond motifs is 1. The van der Waals surface area contributed by atoms with Crippen molar-refractivity contribution in [1.29, 1.82) is 0 Å². The number of halogens is 4. The Labute approximate surface area is 122 Å². The second-order valence-corrected chi connectivity index (χ2v) is 5.48. The molecule has 0 spiro atoms. The Morgan fingerprint density at radius 1 is 1.20 bits per heavy atom. The molecule has 2 N–H and O–H groups in total. The van der Waals surface area contributed by atoms with Gasteiger partial charge in [0, 0.05) is 6.54 Å². The van der Waals surface area contributed by atoms with E-state index in [1.54, 1.807) is 6.07 Å². The van der Waals surface area contributed by atoms with Crippen molar-refractivity contribution in [2.24, 2.45) is 17.8 Å². The second-order valence-electron chi connectivity index (χ2n) is 5.48. The van der Waals surface area contributed by atoms with Crippen LogP contribution in [0.4, 0.5) is 13.2 Å². The maximum Gasteiger partial charge on any atom is 0.416 e. The molecule has 0 aromatic heterocycles. The first-order chi connectivity index (χ1) is 9.05. The minimum atomic E-state index is -4.25. The molecule has 0 bridgehead atoms. The van der Waals surface area contributed by atoms with E-state index in [-0.39, 0.29) is 12.4 Å². The third kappa shape index (κ3) is 3.27. The minimum absolute atomic E-state index is 0. The molecule has 2 unspecified atom stereocenters. The van der Waals surface area contributed by atoms with Gasteiger partial charge in [-0.15, -0.1) is 12.4 Å². The lowest BCUT2D eigenvalue weighted by molar-refractivity contribution is -0.137. The Balaban J connectivity index is 0.00000147. The average molecular weight is 307 g/mol. The molecule has 1 saturated carbocycles. The van der Waals surface area contributed by atoms with E-state index < -0.39 is 11.7 Å². The minimum Gasteiger partial charge on any atom is -0.316 e. The fourth-order valence-corrected chi connectivity index (χ4v) is 3.09. The monoisotopic (exact) mass is 306 g/mol. The fraction of sp³-hybridized carbons (Fsp3) is 0.571. The van der Waals surface area contributed by atoms with E-state index in [9.17, 15) is 13.2 Å². The lowest BCUT2D eigenvalue weighted by atomic mass is 10.1. The maximum absolute atomic E-state index is 12.6. The third-order valence-electron chi connectivity index (χ3n) is 4.23. The largest absolute Gasteiger partial charge is 0.416 e. The van der Waals surface area contributed by atoms with Gasteiger partial charge >= 0.3 is 6.18 Å². The highest BCUT2D eigenvalue weighted by atomic mass is 35.5. The molecule has 1 aromatic rings. The van der Waals surface area contributed by atoms with Gasteiger partial charge in [0.1, 0.15) is 0 Å². The van der Waals surface area contributed by atoms with Crippen molar-refractivity contribution in [3.8, 4) is 0 Å². The summed E-state index contributed by atoms with van der Waals surface area (Å²) in [6, 6.07) is 5.54. The van der Waals surface area contributed by atoms with E-state index in [0.717, 1.165) is 37.5 Å². The van der Waals surface area contributed by atoms with Crippen molar-refractivity contribution in [2.45, 2.75) is 12.7 Å². The third-order valence-corrected chi connectivity index (χ3v) is 4.23. The predicted molar refractivity (Wildman–Crippen MR) is 73.7 cm³/mol. The summed E-state index contributed by atoms with van der Waals surface area (Å²) >= 11 is 0. The molecule has 1 saturated heterocycles. The first-order valence-corrected chi connectivity index (χ1v) is 6.63. The Morgan fingerprint density at radius 3 is 2.55 bits per heavy atom. The SMILES string of the molecule is Cl.FC(F)(F)c1cccc(CNCC2C3CNCC23)c1. The number of benzene rings is 1. The van der Waals surface area contributed by atoms with Crippen molar-refractivity contribution in [1.82, 2.24) is 10.6 Å². The van der Waals surface area contributed by atoms with Crippen molar-refractivity contribution in [2.75, 3.05) is 19.6 Å².